The Morgan fingerprint density at radius 3 is 2.63 bits per heavy atom. The van der Waals surface area contributed by atoms with Crippen LogP contribution < -0.4 is 5.32 Å². The molecule has 0 fully saturated rings. The Labute approximate surface area is 110 Å². The van der Waals surface area contributed by atoms with E-state index < -0.39 is 0 Å². The molecule has 0 saturated heterocycles. The summed E-state index contributed by atoms with van der Waals surface area (Å²) in [4.78, 5) is 23.1. The Hall–Kier alpha value is -2.62. The van der Waals surface area contributed by atoms with Gasteiger partial charge in [0, 0.05) is 11.6 Å². The summed E-state index contributed by atoms with van der Waals surface area (Å²) in [6.45, 7) is 1.46. The molecule has 4 heteroatoms. The molecule has 1 aromatic heterocycles. The number of ketones is 1. The van der Waals surface area contributed by atoms with Crippen LogP contribution in [0, 0.1) is 0 Å². The Kier molecular flexibility index (Phi) is 3.93. The second kappa shape index (κ2) is 5.82. The van der Waals surface area contributed by atoms with Crippen LogP contribution in [0.15, 0.2) is 53.2 Å². The third-order valence-electron chi connectivity index (χ3n) is 2.51. The first-order chi connectivity index (χ1) is 9.16. The second-order valence-electron chi connectivity index (χ2n) is 3.94. The lowest BCUT2D eigenvalue weighted by Gasteiger charge is -2.06. The molecule has 2 aromatic rings. The van der Waals surface area contributed by atoms with Crippen molar-refractivity contribution in [3.63, 3.8) is 0 Å². The highest BCUT2D eigenvalue weighted by atomic mass is 16.3. The van der Waals surface area contributed by atoms with Gasteiger partial charge in [-0.05, 0) is 37.3 Å². The van der Waals surface area contributed by atoms with E-state index in [1.165, 1.54) is 19.3 Å². The van der Waals surface area contributed by atoms with Crippen LogP contribution in [0.1, 0.15) is 23.0 Å². The number of carbonyl (C=O) groups excluding carboxylic acids is 2. The summed E-state index contributed by atoms with van der Waals surface area (Å²) in [5.74, 6) is 0.186. The number of para-hydroxylation sites is 1. The van der Waals surface area contributed by atoms with Gasteiger partial charge in [-0.25, -0.2) is 0 Å². The third-order valence-corrected chi connectivity index (χ3v) is 2.51. The fourth-order valence-electron chi connectivity index (χ4n) is 1.62. The van der Waals surface area contributed by atoms with Crippen LogP contribution in [-0.2, 0) is 4.79 Å². The molecule has 0 aliphatic rings. The lowest BCUT2D eigenvalue weighted by molar-refractivity contribution is -0.111. The average Bonchev–Trinajstić information content (AvgIpc) is 2.90. The van der Waals surface area contributed by atoms with Gasteiger partial charge in [0.2, 0.25) is 5.91 Å². The van der Waals surface area contributed by atoms with E-state index in [1.54, 1.807) is 42.5 Å². The van der Waals surface area contributed by atoms with E-state index in [9.17, 15) is 9.59 Å². The van der Waals surface area contributed by atoms with Crippen LogP contribution in [0.2, 0.25) is 0 Å². The SMILES string of the molecule is CC(=O)c1ccccc1NC(=O)/C=C/c1ccco1. The fourth-order valence-corrected chi connectivity index (χ4v) is 1.62. The summed E-state index contributed by atoms with van der Waals surface area (Å²) in [5.41, 5.74) is 0.992. The van der Waals surface area contributed by atoms with Gasteiger partial charge in [-0.3, -0.25) is 9.59 Å². The third kappa shape index (κ3) is 3.42. The first kappa shape index (κ1) is 12.8. The molecule has 96 valence electrons. The van der Waals surface area contributed by atoms with Crippen molar-refractivity contribution >= 4 is 23.5 Å². The van der Waals surface area contributed by atoms with Crippen molar-refractivity contribution in [1.29, 1.82) is 0 Å². The maximum absolute atomic E-state index is 11.7. The number of benzene rings is 1. The Bertz CT molecular complexity index is 612. The molecular weight excluding hydrogens is 242 g/mol. The van der Waals surface area contributed by atoms with E-state index in [-0.39, 0.29) is 11.7 Å². The van der Waals surface area contributed by atoms with Crippen molar-refractivity contribution in [3.8, 4) is 0 Å². The van der Waals surface area contributed by atoms with Crippen LogP contribution >= 0.6 is 0 Å². The molecule has 0 aliphatic heterocycles. The maximum atomic E-state index is 11.7. The van der Waals surface area contributed by atoms with Gasteiger partial charge in [0.1, 0.15) is 5.76 Å². The van der Waals surface area contributed by atoms with Gasteiger partial charge in [-0.1, -0.05) is 12.1 Å². The summed E-state index contributed by atoms with van der Waals surface area (Å²) in [6, 6.07) is 10.4. The molecule has 2 rings (SSSR count). The predicted octanol–water partition coefficient (Wildman–Crippen LogP) is 3.13. The van der Waals surface area contributed by atoms with Crippen molar-refractivity contribution in [2.45, 2.75) is 6.92 Å². The monoisotopic (exact) mass is 255 g/mol. The number of amides is 1. The number of Topliss-reactive ketones (excluding diaryl/α,β-unsaturated/α-hetero) is 1. The zero-order valence-electron chi connectivity index (χ0n) is 10.4. The molecule has 1 N–H and O–H groups in total. The van der Waals surface area contributed by atoms with Gasteiger partial charge in [0.25, 0.3) is 0 Å². The first-order valence-electron chi connectivity index (χ1n) is 5.79. The normalized spacial score (nSPS) is 10.6. The second-order valence-corrected chi connectivity index (χ2v) is 3.94. The molecule has 4 nitrogen and oxygen atoms in total. The topological polar surface area (TPSA) is 59.3 Å². The molecular formula is C15H13NO3. The summed E-state index contributed by atoms with van der Waals surface area (Å²) in [7, 11) is 0. The van der Waals surface area contributed by atoms with Crippen LogP contribution in [0.25, 0.3) is 6.08 Å². The smallest absolute Gasteiger partial charge is 0.248 e. The molecule has 0 atom stereocenters. The lowest BCUT2D eigenvalue weighted by atomic mass is 10.1. The molecule has 19 heavy (non-hydrogen) atoms. The number of furan rings is 1. The van der Waals surface area contributed by atoms with E-state index in [0.717, 1.165) is 0 Å². The lowest BCUT2D eigenvalue weighted by Crippen LogP contribution is -2.11. The first-order valence-corrected chi connectivity index (χ1v) is 5.79. The number of rotatable bonds is 4. The minimum absolute atomic E-state index is 0.0917. The number of hydrogen-bond acceptors (Lipinski definition) is 3. The highest BCUT2D eigenvalue weighted by molar-refractivity contribution is 6.07. The summed E-state index contributed by atoms with van der Waals surface area (Å²) in [5, 5.41) is 2.67. The number of nitrogens with one attached hydrogen (secondary N) is 1. The standard InChI is InChI=1S/C15H13NO3/c1-11(17)13-6-2-3-7-14(13)16-15(18)9-8-12-5-4-10-19-12/h2-10H,1H3,(H,16,18)/b9-8+. The Morgan fingerprint density at radius 1 is 1.16 bits per heavy atom. The molecule has 0 radical (unpaired) electrons. The predicted molar refractivity (Wildman–Crippen MR) is 72.8 cm³/mol. The van der Waals surface area contributed by atoms with Gasteiger partial charge < -0.3 is 9.73 Å². The largest absolute Gasteiger partial charge is 0.465 e. The molecule has 0 unspecified atom stereocenters. The molecule has 1 amide bonds. The average molecular weight is 255 g/mol. The van der Waals surface area contributed by atoms with Gasteiger partial charge in [-0.15, -0.1) is 0 Å². The maximum Gasteiger partial charge on any atom is 0.248 e. The van der Waals surface area contributed by atoms with E-state index >= 15 is 0 Å². The van der Waals surface area contributed by atoms with E-state index in [4.69, 9.17) is 4.42 Å². The van der Waals surface area contributed by atoms with Crippen molar-refractivity contribution < 1.29 is 14.0 Å². The van der Waals surface area contributed by atoms with Crippen molar-refractivity contribution in [2.75, 3.05) is 5.32 Å². The Morgan fingerprint density at radius 2 is 1.95 bits per heavy atom. The Balaban J connectivity index is 2.09. The summed E-state index contributed by atoms with van der Waals surface area (Å²) >= 11 is 0. The molecule has 0 spiro atoms. The van der Waals surface area contributed by atoms with Crippen LogP contribution in [0.4, 0.5) is 5.69 Å². The van der Waals surface area contributed by atoms with Crippen molar-refractivity contribution in [3.05, 3.63) is 60.1 Å². The van der Waals surface area contributed by atoms with Gasteiger partial charge in [0.15, 0.2) is 5.78 Å². The van der Waals surface area contributed by atoms with Gasteiger partial charge in [-0.2, -0.15) is 0 Å². The molecule has 0 bridgehead atoms. The van der Waals surface area contributed by atoms with E-state index in [0.29, 0.717) is 17.0 Å². The van der Waals surface area contributed by atoms with Crippen LogP contribution in [0.5, 0.6) is 0 Å². The minimum Gasteiger partial charge on any atom is -0.465 e. The molecule has 1 aromatic carbocycles. The van der Waals surface area contributed by atoms with Gasteiger partial charge >= 0.3 is 0 Å². The summed E-state index contributed by atoms with van der Waals surface area (Å²) in [6.07, 6.45) is 4.45. The molecule has 1 heterocycles. The van der Waals surface area contributed by atoms with E-state index in [2.05, 4.69) is 5.32 Å². The van der Waals surface area contributed by atoms with Crippen LogP contribution in [0.3, 0.4) is 0 Å². The number of hydrogen-bond donors (Lipinski definition) is 1. The summed E-state index contributed by atoms with van der Waals surface area (Å²) < 4.78 is 5.08. The molecule has 0 saturated carbocycles. The van der Waals surface area contributed by atoms with E-state index in [1.807, 2.05) is 0 Å². The number of anilines is 1. The highest BCUT2D eigenvalue weighted by Crippen LogP contribution is 2.15. The van der Waals surface area contributed by atoms with Crippen molar-refractivity contribution in [2.24, 2.45) is 0 Å². The molecule has 0 aliphatic carbocycles. The van der Waals surface area contributed by atoms with Crippen molar-refractivity contribution in [1.82, 2.24) is 0 Å². The quantitative estimate of drug-likeness (QED) is 0.674. The zero-order valence-corrected chi connectivity index (χ0v) is 10.4. The zero-order chi connectivity index (χ0) is 13.7. The fraction of sp³-hybridized carbons (Fsp3) is 0.0667. The highest BCUT2D eigenvalue weighted by Gasteiger charge is 2.07. The van der Waals surface area contributed by atoms with Gasteiger partial charge in [0.05, 0.1) is 12.0 Å². The minimum atomic E-state index is -0.315. The number of carbonyl (C=O) groups is 2. The van der Waals surface area contributed by atoms with Crippen LogP contribution in [-0.4, -0.2) is 11.7 Å².